The molecule has 2 rings (SSSR count). The van der Waals surface area contributed by atoms with E-state index in [0.717, 1.165) is 24.9 Å². The first-order valence-corrected chi connectivity index (χ1v) is 6.29. The number of carbonyl (C=O) groups is 1. The maximum absolute atomic E-state index is 12.1. The van der Waals surface area contributed by atoms with Crippen LogP contribution in [0.3, 0.4) is 0 Å². The smallest absolute Gasteiger partial charge is 0.269 e. The van der Waals surface area contributed by atoms with Crippen LogP contribution in [0.5, 0.6) is 0 Å². The predicted octanol–water partition coefficient (Wildman–Crippen LogP) is 1.31. The highest BCUT2D eigenvalue weighted by molar-refractivity contribution is 5.81. The van der Waals surface area contributed by atoms with Gasteiger partial charge in [-0.15, -0.1) is 0 Å². The van der Waals surface area contributed by atoms with Gasteiger partial charge in [0.25, 0.3) is 5.69 Å². The van der Waals surface area contributed by atoms with Gasteiger partial charge in [0.05, 0.1) is 11.0 Å². The van der Waals surface area contributed by atoms with Gasteiger partial charge in [-0.1, -0.05) is 12.1 Å². The highest BCUT2D eigenvalue weighted by Crippen LogP contribution is 2.15. The van der Waals surface area contributed by atoms with Crippen LogP contribution in [0.15, 0.2) is 24.3 Å². The predicted molar refractivity (Wildman–Crippen MR) is 70.6 cm³/mol. The summed E-state index contributed by atoms with van der Waals surface area (Å²) >= 11 is 0. The number of nitro benzene ring substituents is 1. The molecular weight excluding hydrogens is 246 g/mol. The molecule has 0 spiro atoms. The maximum atomic E-state index is 12.1. The Balaban J connectivity index is 2.01. The monoisotopic (exact) mass is 263 g/mol. The minimum Gasteiger partial charge on any atom is -0.340 e. The summed E-state index contributed by atoms with van der Waals surface area (Å²) in [5.74, 6) is 0.0454. The highest BCUT2D eigenvalue weighted by atomic mass is 16.6. The van der Waals surface area contributed by atoms with Crippen LogP contribution >= 0.6 is 0 Å². The summed E-state index contributed by atoms with van der Waals surface area (Å²) in [7, 11) is 1.72. The largest absolute Gasteiger partial charge is 0.340 e. The van der Waals surface area contributed by atoms with E-state index in [1.54, 1.807) is 24.1 Å². The van der Waals surface area contributed by atoms with E-state index in [-0.39, 0.29) is 17.6 Å². The second kappa shape index (κ2) is 5.79. The molecule has 1 aromatic rings. The third kappa shape index (κ3) is 3.29. The lowest BCUT2D eigenvalue weighted by Crippen LogP contribution is -2.41. The average Bonchev–Trinajstić information content (AvgIpc) is 2.92. The first-order chi connectivity index (χ1) is 9.08. The number of likely N-dealkylation sites (N-methyl/N-ethyl adjacent to an activating group) is 1. The van der Waals surface area contributed by atoms with E-state index in [2.05, 4.69) is 5.32 Å². The molecule has 1 aliphatic heterocycles. The van der Waals surface area contributed by atoms with Crippen LogP contribution in [0.2, 0.25) is 0 Å². The summed E-state index contributed by atoms with van der Waals surface area (Å²) < 4.78 is 0. The number of hydrogen-bond acceptors (Lipinski definition) is 4. The zero-order valence-corrected chi connectivity index (χ0v) is 10.8. The van der Waals surface area contributed by atoms with Crippen molar-refractivity contribution in [2.75, 3.05) is 13.6 Å². The molecule has 0 unspecified atom stereocenters. The second-order valence-electron chi connectivity index (χ2n) is 4.77. The number of nitro groups is 1. The number of hydrogen-bond donors (Lipinski definition) is 1. The molecule has 0 bridgehead atoms. The molecular formula is C13H17N3O3. The summed E-state index contributed by atoms with van der Waals surface area (Å²) in [6.07, 6.45) is 1.87. The minimum atomic E-state index is -0.427. The van der Waals surface area contributed by atoms with Gasteiger partial charge in [-0.2, -0.15) is 0 Å². The lowest BCUT2D eigenvalue weighted by Gasteiger charge is -2.21. The third-order valence-electron chi connectivity index (χ3n) is 3.28. The summed E-state index contributed by atoms with van der Waals surface area (Å²) in [5, 5.41) is 13.9. The van der Waals surface area contributed by atoms with Crippen molar-refractivity contribution in [3.63, 3.8) is 0 Å². The van der Waals surface area contributed by atoms with Crippen LogP contribution in [-0.2, 0) is 11.3 Å². The molecule has 0 radical (unpaired) electrons. The SMILES string of the molecule is CN(Cc1cccc([N+](=O)[O-])c1)C(=O)[C@@H]1CCCN1. The topological polar surface area (TPSA) is 75.5 Å². The van der Waals surface area contributed by atoms with Crippen LogP contribution in [0.25, 0.3) is 0 Å². The van der Waals surface area contributed by atoms with Crippen LogP contribution in [0, 0.1) is 10.1 Å². The molecule has 0 aliphatic carbocycles. The number of nitrogens with one attached hydrogen (secondary N) is 1. The molecule has 1 aliphatic rings. The van der Waals surface area contributed by atoms with Crippen molar-refractivity contribution in [1.82, 2.24) is 10.2 Å². The van der Waals surface area contributed by atoms with E-state index in [0.29, 0.717) is 6.54 Å². The number of amides is 1. The van der Waals surface area contributed by atoms with Gasteiger partial charge in [-0.25, -0.2) is 0 Å². The van der Waals surface area contributed by atoms with Crippen molar-refractivity contribution in [3.05, 3.63) is 39.9 Å². The fourth-order valence-electron chi connectivity index (χ4n) is 2.28. The van der Waals surface area contributed by atoms with Gasteiger partial charge in [-0.3, -0.25) is 14.9 Å². The minimum absolute atomic E-state index is 0.0454. The molecule has 0 saturated carbocycles. The summed E-state index contributed by atoms with van der Waals surface area (Å²) in [5.41, 5.74) is 0.820. The second-order valence-corrected chi connectivity index (χ2v) is 4.77. The Kier molecular flexibility index (Phi) is 4.11. The zero-order chi connectivity index (χ0) is 13.8. The van der Waals surface area contributed by atoms with E-state index < -0.39 is 4.92 Å². The molecule has 19 heavy (non-hydrogen) atoms. The van der Waals surface area contributed by atoms with Gasteiger partial charge in [0.2, 0.25) is 5.91 Å². The molecule has 1 heterocycles. The lowest BCUT2D eigenvalue weighted by molar-refractivity contribution is -0.384. The molecule has 0 aromatic heterocycles. The molecule has 1 saturated heterocycles. The fourth-order valence-corrected chi connectivity index (χ4v) is 2.28. The Morgan fingerprint density at radius 1 is 1.58 bits per heavy atom. The lowest BCUT2D eigenvalue weighted by atomic mass is 10.1. The van der Waals surface area contributed by atoms with Crippen molar-refractivity contribution in [2.45, 2.75) is 25.4 Å². The van der Waals surface area contributed by atoms with Gasteiger partial charge in [0.1, 0.15) is 0 Å². The number of rotatable bonds is 4. The van der Waals surface area contributed by atoms with E-state index in [1.165, 1.54) is 12.1 Å². The van der Waals surface area contributed by atoms with E-state index in [1.807, 2.05) is 0 Å². The zero-order valence-electron chi connectivity index (χ0n) is 10.8. The number of carbonyl (C=O) groups excluding carboxylic acids is 1. The molecule has 1 aromatic carbocycles. The standard InChI is InChI=1S/C13H17N3O3/c1-15(13(17)12-6-3-7-14-12)9-10-4-2-5-11(8-10)16(18)19/h2,4-5,8,12,14H,3,6-7,9H2,1H3/t12-/m0/s1. The van der Waals surface area contributed by atoms with Crippen LogP contribution < -0.4 is 5.32 Å². The fraction of sp³-hybridized carbons (Fsp3) is 0.462. The molecule has 1 fully saturated rings. The van der Waals surface area contributed by atoms with Crippen molar-refractivity contribution >= 4 is 11.6 Å². The maximum Gasteiger partial charge on any atom is 0.269 e. The summed E-state index contributed by atoms with van der Waals surface area (Å²) in [4.78, 5) is 24.0. The first kappa shape index (κ1) is 13.5. The molecule has 6 nitrogen and oxygen atoms in total. The average molecular weight is 263 g/mol. The van der Waals surface area contributed by atoms with E-state index >= 15 is 0 Å². The Morgan fingerprint density at radius 2 is 2.37 bits per heavy atom. The van der Waals surface area contributed by atoms with Crippen LogP contribution in [-0.4, -0.2) is 35.4 Å². The van der Waals surface area contributed by atoms with Crippen LogP contribution in [0.1, 0.15) is 18.4 Å². The normalized spacial score (nSPS) is 18.3. The van der Waals surface area contributed by atoms with E-state index in [4.69, 9.17) is 0 Å². The van der Waals surface area contributed by atoms with Crippen molar-refractivity contribution < 1.29 is 9.72 Å². The molecule has 1 N–H and O–H groups in total. The van der Waals surface area contributed by atoms with Gasteiger partial charge in [0, 0.05) is 25.7 Å². The van der Waals surface area contributed by atoms with Gasteiger partial charge in [0.15, 0.2) is 0 Å². The summed E-state index contributed by atoms with van der Waals surface area (Å²) in [6, 6.07) is 6.28. The van der Waals surface area contributed by atoms with Crippen molar-refractivity contribution in [3.8, 4) is 0 Å². The number of benzene rings is 1. The van der Waals surface area contributed by atoms with Crippen molar-refractivity contribution in [2.24, 2.45) is 0 Å². The van der Waals surface area contributed by atoms with Gasteiger partial charge in [-0.05, 0) is 24.9 Å². The molecule has 6 heteroatoms. The summed E-state index contributed by atoms with van der Waals surface area (Å²) in [6.45, 7) is 1.26. The third-order valence-corrected chi connectivity index (χ3v) is 3.28. The molecule has 1 atom stereocenters. The van der Waals surface area contributed by atoms with Gasteiger partial charge >= 0.3 is 0 Å². The van der Waals surface area contributed by atoms with Crippen LogP contribution in [0.4, 0.5) is 5.69 Å². The van der Waals surface area contributed by atoms with E-state index in [9.17, 15) is 14.9 Å². The Morgan fingerprint density at radius 3 is 3.00 bits per heavy atom. The Hall–Kier alpha value is -1.95. The Labute approximate surface area is 111 Å². The Bertz CT molecular complexity index is 484. The molecule has 1 amide bonds. The number of nitrogens with zero attached hydrogens (tertiary/aromatic N) is 2. The highest BCUT2D eigenvalue weighted by Gasteiger charge is 2.25. The quantitative estimate of drug-likeness (QED) is 0.656. The van der Waals surface area contributed by atoms with Crippen molar-refractivity contribution in [1.29, 1.82) is 0 Å². The number of non-ortho nitro benzene ring substituents is 1. The first-order valence-electron chi connectivity index (χ1n) is 6.29. The molecule has 102 valence electrons. The van der Waals surface area contributed by atoms with Gasteiger partial charge < -0.3 is 10.2 Å².